The molecule has 0 spiro atoms. The van der Waals surface area contributed by atoms with Gasteiger partial charge in [-0.2, -0.15) is 31.3 Å². The minimum absolute atomic E-state index is 0.475. The number of halogens is 7. The summed E-state index contributed by atoms with van der Waals surface area (Å²) in [7, 11) is 0. The SMILES string of the molecule is Clc1cnc2nc1Nc1cccc(c1)CNc1cccc(c1)N2.O=C(O)C(F)(F)F.O=C(O)C(F)(F)F. The van der Waals surface area contributed by atoms with Crippen molar-refractivity contribution in [2.24, 2.45) is 0 Å². The molecule has 37 heavy (non-hydrogen) atoms. The molecule has 4 rings (SSSR count). The molecular formula is C21H16ClF6N5O4. The first-order valence-electron chi connectivity index (χ1n) is 9.75. The smallest absolute Gasteiger partial charge is 0.475 e. The van der Waals surface area contributed by atoms with Crippen LogP contribution in [0, 0.1) is 0 Å². The van der Waals surface area contributed by atoms with Crippen molar-refractivity contribution in [3.05, 3.63) is 65.3 Å². The van der Waals surface area contributed by atoms with Crippen molar-refractivity contribution in [3.8, 4) is 0 Å². The number of aliphatic carboxylic acids is 2. The van der Waals surface area contributed by atoms with E-state index in [4.69, 9.17) is 31.4 Å². The van der Waals surface area contributed by atoms with Gasteiger partial charge in [0, 0.05) is 23.6 Å². The second kappa shape index (κ2) is 12.1. The van der Waals surface area contributed by atoms with Crippen molar-refractivity contribution in [2.45, 2.75) is 18.9 Å². The number of anilines is 5. The van der Waals surface area contributed by atoms with E-state index < -0.39 is 24.3 Å². The van der Waals surface area contributed by atoms with E-state index in [1.807, 2.05) is 36.4 Å². The van der Waals surface area contributed by atoms with Gasteiger partial charge in [-0.3, -0.25) is 0 Å². The topological polar surface area (TPSA) is 136 Å². The molecule has 1 aromatic heterocycles. The van der Waals surface area contributed by atoms with Crippen molar-refractivity contribution >= 4 is 52.4 Å². The molecule has 9 nitrogen and oxygen atoms in total. The molecule has 6 bridgehead atoms. The lowest BCUT2D eigenvalue weighted by atomic mass is 10.2. The second-order valence-corrected chi connectivity index (χ2v) is 7.29. The number of carbonyl (C=O) groups is 2. The summed E-state index contributed by atoms with van der Waals surface area (Å²) >= 11 is 6.21. The quantitative estimate of drug-likeness (QED) is 0.219. The minimum Gasteiger partial charge on any atom is -0.475 e. The molecule has 198 valence electrons. The molecule has 1 aliphatic rings. The van der Waals surface area contributed by atoms with Crippen molar-refractivity contribution in [3.63, 3.8) is 0 Å². The predicted octanol–water partition coefficient (Wildman–Crippen LogP) is 5.81. The first kappa shape index (κ1) is 29.0. The van der Waals surface area contributed by atoms with Crippen LogP contribution in [0.5, 0.6) is 0 Å². The molecule has 0 atom stereocenters. The van der Waals surface area contributed by atoms with Gasteiger partial charge in [0.1, 0.15) is 5.02 Å². The van der Waals surface area contributed by atoms with Gasteiger partial charge in [-0.05, 0) is 35.9 Å². The summed E-state index contributed by atoms with van der Waals surface area (Å²) in [6.45, 7) is 0.732. The van der Waals surface area contributed by atoms with Gasteiger partial charge in [-0.1, -0.05) is 29.8 Å². The van der Waals surface area contributed by atoms with Gasteiger partial charge >= 0.3 is 24.3 Å². The Labute approximate surface area is 209 Å². The standard InChI is InChI=1S/C17H14ClN5.2C2HF3O2/c18-15-10-20-17-22-14-6-2-4-12(8-14)19-9-11-3-1-5-13(7-11)21-16(15)23-17;2*3-2(4,5)1(6)7/h1-8,10,19H,9H2,(H2,20,21,22,23);2*(H,6,7). The Kier molecular flexibility index (Phi) is 9.48. The van der Waals surface area contributed by atoms with Crippen molar-refractivity contribution in [1.29, 1.82) is 0 Å². The molecule has 0 unspecified atom stereocenters. The zero-order chi connectivity index (χ0) is 27.8. The summed E-state index contributed by atoms with van der Waals surface area (Å²) in [6, 6.07) is 16.1. The Bertz CT molecular complexity index is 1230. The van der Waals surface area contributed by atoms with E-state index in [0.717, 1.165) is 29.2 Å². The monoisotopic (exact) mass is 551 g/mol. The van der Waals surface area contributed by atoms with Crippen LogP contribution in [0.3, 0.4) is 0 Å². The number of alkyl halides is 6. The lowest BCUT2D eigenvalue weighted by Crippen LogP contribution is -2.21. The van der Waals surface area contributed by atoms with Gasteiger partial charge in [0.05, 0.1) is 6.20 Å². The Morgan fingerprint density at radius 2 is 1.35 bits per heavy atom. The van der Waals surface area contributed by atoms with Gasteiger partial charge in [-0.15, -0.1) is 0 Å². The summed E-state index contributed by atoms with van der Waals surface area (Å²) in [5.74, 6) is -4.45. The predicted molar refractivity (Wildman–Crippen MR) is 121 cm³/mol. The van der Waals surface area contributed by atoms with Crippen molar-refractivity contribution in [2.75, 3.05) is 16.0 Å². The van der Waals surface area contributed by atoms with E-state index in [-0.39, 0.29) is 0 Å². The highest BCUT2D eigenvalue weighted by molar-refractivity contribution is 6.32. The maximum Gasteiger partial charge on any atom is 0.490 e. The molecule has 2 heterocycles. The van der Waals surface area contributed by atoms with E-state index in [1.54, 1.807) is 6.20 Å². The molecule has 2 aromatic carbocycles. The van der Waals surface area contributed by atoms with E-state index in [2.05, 4.69) is 38.1 Å². The van der Waals surface area contributed by atoms with Crippen LogP contribution in [0.4, 0.5) is 55.2 Å². The molecule has 3 aromatic rings. The van der Waals surface area contributed by atoms with Crippen molar-refractivity contribution < 1.29 is 46.1 Å². The molecule has 0 radical (unpaired) electrons. The lowest BCUT2D eigenvalue weighted by Gasteiger charge is -2.10. The van der Waals surface area contributed by atoms with Gasteiger partial charge in [-0.25, -0.2) is 14.6 Å². The third-order valence-corrected chi connectivity index (χ3v) is 4.31. The Morgan fingerprint density at radius 1 is 0.838 bits per heavy atom. The molecule has 1 aliphatic heterocycles. The Balaban J connectivity index is 0.000000286. The fourth-order valence-corrected chi connectivity index (χ4v) is 2.59. The number of nitrogens with zero attached hydrogens (tertiary/aromatic N) is 2. The van der Waals surface area contributed by atoms with Gasteiger partial charge in [0.2, 0.25) is 5.95 Å². The molecule has 0 amide bonds. The lowest BCUT2D eigenvalue weighted by molar-refractivity contribution is -0.193. The second-order valence-electron chi connectivity index (χ2n) is 6.88. The highest BCUT2D eigenvalue weighted by Gasteiger charge is 2.38. The number of carboxylic acids is 2. The molecule has 0 fully saturated rings. The first-order chi connectivity index (χ1) is 17.1. The number of nitrogens with one attached hydrogen (secondary N) is 3. The third kappa shape index (κ3) is 9.71. The average molecular weight is 552 g/mol. The van der Waals surface area contributed by atoms with Crippen LogP contribution in [-0.2, 0) is 16.1 Å². The largest absolute Gasteiger partial charge is 0.490 e. The number of fused-ring (bicyclic) bond motifs is 6. The van der Waals surface area contributed by atoms with Crippen LogP contribution in [0.2, 0.25) is 5.02 Å². The van der Waals surface area contributed by atoms with Gasteiger partial charge in [0.15, 0.2) is 5.82 Å². The summed E-state index contributed by atoms with van der Waals surface area (Å²) < 4.78 is 63.5. The Hall–Kier alpha value is -4.27. The number of carboxylic acid groups (broad SMARTS) is 2. The van der Waals surface area contributed by atoms with E-state index in [9.17, 15) is 26.3 Å². The summed E-state index contributed by atoms with van der Waals surface area (Å²) in [6.07, 6.45) is -8.58. The summed E-state index contributed by atoms with van der Waals surface area (Å²) in [4.78, 5) is 26.5. The maximum absolute atomic E-state index is 10.6. The number of rotatable bonds is 0. The minimum atomic E-state index is -5.08. The highest BCUT2D eigenvalue weighted by atomic mass is 35.5. The molecule has 0 saturated carbocycles. The molecule has 16 heteroatoms. The van der Waals surface area contributed by atoms with Crippen LogP contribution >= 0.6 is 11.6 Å². The average Bonchev–Trinajstić information content (AvgIpc) is 2.80. The van der Waals surface area contributed by atoms with Crippen LogP contribution < -0.4 is 16.0 Å². The zero-order valence-electron chi connectivity index (χ0n) is 18.2. The fourth-order valence-electron chi connectivity index (χ4n) is 2.45. The van der Waals surface area contributed by atoms with E-state index in [1.165, 1.54) is 0 Å². The number of hydrogen-bond donors (Lipinski definition) is 5. The molecule has 0 aliphatic carbocycles. The number of hydrogen-bond acceptors (Lipinski definition) is 7. The first-order valence-corrected chi connectivity index (χ1v) is 10.1. The van der Waals surface area contributed by atoms with Crippen molar-refractivity contribution in [1.82, 2.24) is 9.97 Å². The molecule has 5 N–H and O–H groups in total. The number of aromatic nitrogens is 2. The fraction of sp³-hybridized carbons (Fsp3) is 0.143. The van der Waals surface area contributed by atoms with Gasteiger partial charge < -0.3 is 26.2 Å². The maximum atomic E-state index is 10.6. The molecular weight excluding hydrogens is 536 g/mol. The number of benzene rings is 2. The van der Waals surface area contributed by atoms with Crippen LogP contribution in [0.1, 0.15) is 5.56 Å². The Morgan fingerprint density at radius 3 is 1.92 bits per heavy atom. The third-order valence-electron chi connectivity index (χ3n) is 4.03. The van der Waals surface area contributed by atoms with Crippen LogP contribution in [0.25, 0.3) is 0 Å². The summed E-state index contributed by atoms with van der Waals surface area (Å²) in [5.41, 5.74) is 4.04. The van der Waals surface area contributed by atoms with Gasteiger partial charge in [0.25, 0.3) is 0 Å². The van der Waals surface area contributed by atoms with E-state index >= 15 is 0 Å². The summed E-state index contributed by atoms with van der Waals surface area (Å²) in [5, 5.41) is 24.6. The van der Waals surface area contributed by atoms with E-state index in [0.29, 0.717) is 16.8 Å². The highest BCUT2D eigenvalue weighted by Crippen LogP contribution is 2.27. The molecule has 0 saturated heterocycles. The van der Waals surface area contributed by atoms with Crippen LogP contribution in [0.15, 0.2) is 54.7 Å². The zero-order valence-corrected chi connectivity index (χ0v) is 18.9. The normalized spacial score (nSPS) is 12.1. The van der Waals surface area contributed by atoms with Crippen LogP contribution in [-0.4, -0.2) is 44.5 Å².